The average Bonchev–Trinajstić information content (AvgIpc) is 4.11. The smallest absolute Gasteiger partial charge is 0.255 e. The topological polar surface area (TPSA) is 189 Å². The normalized spacial score (nSPS) is 22.1. The number of amides is 4. The molecule has 0 spiro atoms. The van der Waals surface area contributed by atoms with Crippen LogP contribution in [0.1, 0.15) is 112 Å². The van der Waals surface area contributed by atoms with Crippen LogP contribution in [-0.2, 0) is 25.7 Å². The van der Waals surface area contributed by atoms with Gasteiger partial charge in [-0.3, -0.25) is 24.5 Å². The molecule has 1 saturated heterocycles. The molecular weight excluding hydrogens is 827 g/mol. The maximum atomic E-state index is 13.3. The summed E-state index contributed by atoms with van der Waals surface area (Å²) in [6.45, 7) is 4.06. The monoisotopic (exact) mass is 883 g/mol. The molecule has 17 nitrogen and oxygen atoms in total. The quantitative estimate of drug-likeness (QED) is 0.0844. The first-order valence-corrected chi connectivity index (χ1v) is 23.1. The van der Waals surface area contributed by atoms with Gasteiger partial charge in [0.05, 0.1) is 31.2 Å². The molecule has 2 atom stereocenters. The highest BCUT2D eigenvalue weighted by Crippen LogP contribution is 2.41. The molecule has 1 unspecified atom stereocenters. The largest absolute Gasteiger partial charge is 0.495 e. The molecule has 0 radical (unpaired) electrons. The fourth-order valence-electron chi connectivity index (χ4n) is 10.1. The van der Waals surface area contributed by atoms with Gasteiger partial charge in [-0.15, -0.1) is 5.10 Å². The number of carbonyl (C=O) groups excluding carboxylic acids is 4. The first kappa shape index (κ1) is 43.9. The summed E-state index contributed by atoms with van der Waals surface area (Å²) in [4.78, 5) is 65.5. The zero-order valence-electron chi connectivity index (χ0n) is 37.3. The van der Waals surface area contributed by atoms with Crippen LogP contribution >= 0.6 is 0 Å². The van der Waals surface area contributed by atoms with E-state index in [4.69, 9.17) is 14.5 Å². The van der Waals surface area contributed by atoms with Crippen LogP contribution in [0.15, 0.2) is 48.8 Å². The van der Waals surface area contributed by atoms with Crippen molar-refractivity contribution in [1.29, 1.82) is 0 Å². The van der Waals surface area contributed by atoms with Gasteiger partial charge in [-0.05, 0) is 94.2 Å². The summed E-state index contributed by atoms with van der Waals surface area (Å²) in [6.07, 6.45) is 14.4. The lowest BCUT2D eigenvalue weighted by atomic mass is 9.91. The molecule has 3 aliphatic heterocycles. The Hall–Kier alpha value is -6.38. The average molecular weight is 884 g/mol. The summed E-state index contributed by atoms with van der Waals surface area (Å²) in [7, 11) is 3.45. The lowest BCUT2D eigenvalue weighted by molar-refractivity contribution is -0.137. The minimum Gasteiger partial charge on any atom is -0.495 e. The number of likely N-dealkylation sites (N-methyl/N-ethyl adjacent to an activating group) is 1. The molecule has 4 aromatic rings. The van der Waals surface area contributed by atoms with E-state index in [2.05, 4.69) is 54.9 Å². The van der Waals surface area contributed by atoms with E-state index in [1.54, 1.807) is 35.2 Å². The molecule has 340 valence electrons. The number of carbonyl (C=O) groups is 4. The van der Waals surface area contributed by atoms with Crippen LogP contribution in [0.4, 0.5) is 23.1 Å². The summed E-state index contributed by atoms with van der Waals surface area (Å²) in [5, 5.41) is 18.5. The van der Waals surface area contributed by atoms with Gasteiger partial charge >= 0.3 is 0 Å². The molecule has 3 fully saturated rings. The second-order valence-corrected chi connectivity index (χ2v) is 17.6. The number of ether oxygens (including phenoxy) is 2. The number of rotatable bonds is 14. The molecule has 5 heterocycles. The zero-order valence-corrected chi connectivity index (χ0v) is 37.3. The summed E-state index contributed by atoms with van der Waals surface area (Å²) in [5.74, 6) is 7.26. The van der Waals surface area contributed by atoms with E-state index < -0.39 is 11.9 Å². The van der Waals surface area contributed by atoms with Crippen molar-refractivity contribution in [3.05, 3.63) is 65.5 Å². The van der Waals surface area contributed by atoms with Gasteiger partial charge in [0.15, 0.2) is 5.82 Å². The van der Waals surface area contributed by atoms with E-state index in [9.17, 15) is 19.2 Å². The van der Waals surface area contributed by atoms with Crippen LogP contribution < -0.4 is 30.5 Å². The highest BCUT2D eigenvalue weighted by atomic mass is 16.5. The Morgan fingerprint density at radius 2 is 1.82 bits per heavy atom. The molecule has 2 aromatic carbocycles. The van der Waals surface area contributed by atoms with Crippen molar-refractivity contribution < 1.29 is 28.7 Å². The van der Waals surface area contributed by atoms with E-state index in [1.165, 1.54) is 0 Å². The highest BCUT2D eigenvalue weighted by molar-refractivity contribution is 6.06. The van der Waals surface area contributed by atoms with Crippen LogP contribution in [0.5, 0.6) is 5.75 Å². The van der Waals surface area contributed by atoms with E-state index in [0.717, 1.165) is 104 Å². The predicted octanol–water partition coefficient (Wildman–Crippen LogP) is 5.28. The van der Waals surface area contributed by atoms with Crippen molar-refractivity contribution in [2.24, 2.45) is 0 Å². The Morgan fingerprint density at radius 3 is 2.60 bits per heavy atom. The van der Waals surface area contributed by atoms with Gasteiger partial charge in [0.2, 0.25) is 23.7 Å². The Bertz CT molecular complexity index is 2500. The number of methoxy groups -OCH3 is 1. The number of nitrogens with zero attached hydrogens (tertiary/aromatic N) is 8. The number of anilines is 4. The van der Waals surface area contributed by atoms with Crippen molar-refractivity contribution >= 4 is 46.8 Å². The fraction of sp³-hybridized carbons (Fsp3) is 0.500. The van der Waals surface area contributed by atoms with E-state index >= 15 is 0 Å². The Morgan fingerprint density at radius 1 is 0.985 bits per heavy atom. The predicted molar refractivity (Wildman–Crippen MR) is 244 cm³/mol. The van der Waals surface area contributed by atoms with Crippen LogP contribution in [0.3, 0.4) is 0 Å². The maximum Gasteiger partial charge on any atom is 0.255 e. The molecule has 2 saturated carbocycles. The second-order valence-electron chi connectivity index (χ2n) is 17.6. The Labute approximate surface area is 379 Å². The number of nitrogens with one attached hydrogen (secondary N) is 3. The van der Waals surface area contributed by atoms with Crippen molar-refractivity contribution in [2.45, 2.75) is 121 Å². The Balaban J connectivity index is 0.723. The zero-order chi connectivity index (χ0) is 45.0. The fourth-order valence-corrected chi connectivity index (χ4v) is 10.1. The molecule has 2 aromatic heterocycles. The summed E-state index contributed by atoms with van der Waals surface area (Å²) in [6, 6.07) is 11.4. The summed E-state index contributed by atoms with van der Waals surface area (Å²) < 4.78 is 13.6. The third-order valence-electron chi connectivity index (χ3n) is 13.6. The van der Waals surface area contributed by atoms with Crippen molar-refractivity contribution in [1.82, 2.24) is 40.5 Å². The van der Waals surface area contributed by atoms with E-state index in [1.807, 2.05) is 42.2 Å². The maximum absolute atomic E-state index is 13.3. The number of aromatic nitrogens is 5. The molecule has 3 N–H and O–H groups in total. The molecule has 4 amide bonds. The van der Waals surface area contributed by atoms with Crippen LogP contribution in [0.2, 0.25) is 0 Å². The van der Waals surface area contributed by atoms with E-state index in [-0.39, 0.29) is 48.9 Å². The van der Waals surface area contributed by atoms with Crippen LogP contribution in [0.25, 0.3) is 11.3 Å². The second kappa shape index (κ2) is 19.4. The molecule has 0 bridgehead atoms. The number of fused-ring (bicyclic) bond motifs is 2. The van der Waals surface area contributed by atoms with Gasteiger partial charge in [-0.25, -0.2) is 9.67 Å². The minimum atomic E-state index is -0.654. The number of hydrogen-bond acceptors (Lipinski definition) is 13. The van der Waals surface area contributed by atoms with Gasteiger partial charge < -0.3 is 34.8 Å². The SMILES string of the molecule is CC[C@@H]1C(=O)N(C)c2cnc(Nc3ccc(-c4cn([C@H]5CC[C@@H](NCCCOCC#Cc6cccc7c6CN(C6CCC(=O)NC6=O)C7=O)CC5)nn4)cc3OC)nc2N1C1CCCC1. The molecule has 17 heteroatoms. The third kappa shape index (κ3) is 9.14. The lowest BCUT2D eigenvalue weighted by Crippen LogP contribution is -2.55. The molecule has 9 rings (SSSR count). The minimum absolute atomic E-state index is 0.0874. The summed E-state index contributed by atoms with van der Waals surface area (Å²) in [5.41, 5.74) is 5.23. The summed E-state index contributed by atoms with van der Waals surface area (Å²) >= 11 is 0. The highest BCUT2D eigenvalue weighted by Gasteiger charge is 2.42. The van der Waals surface area contributed by atoms with Crippen molar-refractivity contribution in [3.8, 4) is 28.8 Å². The molecular formula is C48H57N11O6. The molecule has 5 aliphatic rings. The standard InChI is InChI=1S/C48H57N11O6/c1-4-39-47(63)56(2)41-27-50-48(53-44(41)59(39)34-12-5-6-13-34)51-37-20-15-31(26-42(37)64-3)38-29-58(55-54-38)33-18-16-32(17-19-33)49-23-9-25-65-24-8-11-30-10-7-14-35-36(30)28-57(46(35)62)40-21-22-43(60)52-45(40)61/h7,10,14-15,20,26-27,29,32-34,39-40,49H,4-6,9,12-13,16-19,21-25,28H2,1-3H3,(H,50,51,53)(H,52,60,61)/t32-,33+,39-,40?/m1/s1. The lowest BCUT2D eigenvalue weighted by Gasteiger charge is -2.43. The third-order valence-corrected chi connectivity index (χ3v) is 13.6. The first-order chi connectivity index (χ1) is 31.7. The Kier molecular flexibility index (Phi) is 13.1. The number of benzene rings is 2. The van der Waals surface area contributed by atoms with Gasteiger partial charge in [-0.2, -0.15) is 4.98 Å². The van der Waals surface area contributed by atoms with Gasteiger partial charge in [0.1, 0.15) is 35.8 Å². The number of hydrogen-bond donors (Lipinski definition) is 3. The van der Waals surface area contributed by atoms with Gasteiger partial charge in [-0.1, -0.05) is 49.0 Å². The van der Waals surface area contributed by atoms with Crippen molar-refractivity contribution in [2.75, 3.05) is 49.0 Å². The molecule has 2 aliphatic carbocycles. The van der Waals surface area contributed by atoms with Gasteiger partial charge in [0.25, 0.3) is 5.91 Å². The molecule has 65 heavy (non-hydrogen) atoms. The number of imide groups is 1. The number of piperidine rings is 1. The van der Waals surface area contributed by atoms with Crippen molar-refractivity contribution in [3.63, 3.8) is 0 Å². The van der Waals surface area contributed by atoms with Crippen LogP contribution in [-0.4, -0.2) is 112 Å². The van der Waals surface area contributed by atoms with E-state index in [0.29, 0.717) is 49.3 Å². The van der Waals surface area contributed by atoms with Crippen LogP contribution in [0, 0.1) is 11.8 Å². The first-order valence-electron chi connectivity index (χ1n) is 23.1. The van der Waals surface area contributed by atoms with Gasteiger partial charge in [0, 0.05) is 55.4 Å².